The van der Waals surface area contributed by atoms with Gasteiger partial charge in [-0.2, -0.15) is 5.10 Å². The molecule has 6 nitrogen and oxygen atoms in total. The first kappa shape index (κ1) is 10.7. The monoisotopic (exact) mass is 221 g/mol. The number of hydrogen-bond donors (Lipinski definition) is 1. The Bertz CT molecular complexity index is 433. The molecule has 0 unspecified atom stereocenters. The van der Waals surface area contributed by atoms with E-state index in [9.17, 15) is 4.79 Å². The second kappa shape index (κ2) is 4.34. The predicted octanol–water partition coefficient (Wildman–Crippen LogP) is -0.822. The number of piperazine rings is 1. The van der Waals surface area contributed by atoms with Gasteiger partial charge in [-0.1, -0.05) is 0 Å². The number of rotatable bonds is 2. The summed E-state index contributed by atoms with van der Waals surface area (Å²) in [7, 11) is 1.76. The van der Waals surface area contributed by atoms with Gasteiger partial charge in [-0.05, 0) is 12.1 Å². The Morgan fingerprint density at radius 1 is 1.31 bits per heavy atom. The maximum atomic E-state index is 10.6. The van der Waals surface area contributed by atoms with Gasteiger partial charge in [-0.3, -0.25) is 10.2 Å². The normalized spacial score (nSPS) is 16.3. The van der Waals surface area contributed by atoms with Gasteiger partial charge in [-0.15, -0.1) is 0 Å². The fourth-order valence-electron chi connectivity index (χ4n) is 1.73. The molecule has 0 aliphatic carbocycles. The largest absolute Gasteiger partial charge is 0.352 e. The van der Waals surface area contributed by atoms with Crippen LogP contribution in [0.1, 0.15) is 0 Å². The summed E-state index contributed by atoms with van der Waals surface area (Å²) >= 11 is 0. The number of nitrogens with one attached hydrogen (secondary N) is 1. The molecule has 86 valence electrons. The van der Waals surface area contributed by atoms with Crippen molar-refractivity contribution in [1.29, 1.82) is 5.41 Å². The number of carbonyl (C=O) groups is 1. The van der Waals surface area contributed by atoms with Gasteiger partial charge in [0.1, 0.15) is 11.3 Å². The Balaban J connectivity index is 2.11. The topological polar surface area (TPSA) is 65.2 Å². The molecule has 1 fully saturated rings. The summed E-state index contributed by atoms with van der Waals surface area (Å²) in [6, 6.07) is 3.58. The van der Waals surface area contributed by atoms with Crippen LogP contribution in [0, 0.1) is 5.41 Å². The van der Waals surface area contributed by atoms with Gasteiger partial charge in [0.25, 0.3) is 0 Å². The van der Waals surface area contributed by atoms with E-state index >= 15 is 0 Å². The molecule has 0 atom stereocenters. The first-order valence-electron chi connectivity index (χ1n) is 5.24. The second-order valence-corrected chi connectivity index (χ2v) is 3.83. The Morgan fingerprint density at radius 2 is 2.00 bits per heavy atom. The second-order valence-electron chi connectivity index (χ2n) is 3.83. The van der Waals surface area contributed by atoms with Crippen LogP contribution >= 0.6 is 0 Å². The summed E-state index contributed by atoms with van der Waals surface area (Å²) in [4.78, 5) is 14.4. The van der Waals surface area contributed by atoms with E-state index in [0.29, 0.717) is 5.49 Å². The third-order valence-electron chi connectivity index (χ3n) is 2.78. The zero-order valence-electron chi connectivity index (χ0n) is 9.26. The van der Waals surface area contributed by atoms with Gasteiger partial charge in [0.15, 0.2) is 0 Å². The third-order valence-corrected chi connectivity index (χ3v) is 2.78. The molecule has 1 aliphatic rings. The SMILES string of the molecule is Cn1nc(N2CCN(C=O)CC2)ccc1=N. The number of carbonyl (C=O) groups excluding carboxylic acids is 1. The van der Waals surface area contributed by atoms with Crippen LogP contribution in [0.15, 0.2) is 12.1 Å². The van der Waals surface area contributed by atoms with Gasteiger partial charge in [0.2, 0.25) is 6.41 Å². The number of hydrogen-bond acceptors (Lipinski definition) is 4. The molecule has 1 aromatic heterocycles. The van der Waals surface area contributed by atoms with Crippen molar-refractivity contribution in [3.8, 4) is 0 Å². The number of anilines is 1. The van der Waals surface area contributed by atoms with E-state index in [4.69, 9.17) is 5.41 Å². The minimum Gasteiger partial charge on any atom is -0.352 e. The van der Waals surface area contributed by atoms with E-state index < -0.39 is 0 Å². The van der Waals surface area contributed by atoms with Crippen molar-refractivity contribution in [2.45, 2.75) is 0 Å². The van der Waals surface area contributed by atoms with Gasteiger partial charge in [0.05, 0.1) is 0 Å². The summed E-state index contributed by atoms with van der Waals surface area (Å²) in [6.07, 6.45) is 0.887. The molecule has 1 saturated heterocycles. The van der Waals surface area contributed by atoms with Crippen LogP contribution < -0.4 is 10.4 Å². The van der Waals surface area contributed by atoms with E-state index in [0.717, 1.165) is 38.4 Å². The van der Waals surface area contributed by atoms with Crippen molar-refractivity contribution in [1.82, 2.24) is 14.7 Å². The fraction of sp³-hybridized carbons (Fsp3) is 0.500. The first-order valence-corrected chi connectivity index (χ1v) is 5.24. The molecule has 16 heavy (non-hydrogen) atoms. The third kappa shape index (κ3) is 2.05. The molecule has 2 rings (SSSR count). The zero-order chi connectivity index (χ0) is 11.5. The minimum absolute atomic E-state index is 0.385. The average molecular weight is 221 g/mol. The van der Waals surface area contributed by atoms with Crippen LogP contribution in [0.5, 0.6) is 0 Å². The Labute approximate surface area is 93.6 Å². The van der Waals surface area contributed by atoms with Crippen molar-refractivity contribution in [3.05, 3.63) is 17.6 Å². The molecule has 0 saturated carbocycles. The molecule has 0 aromatic carbocycles. The van der Waals surface area contributed by atoms with E-state index in [1.807, 2.05) is 6.07 Å². The molecule has 1 amide bonds. The summed E-state index contributed by atoms with van der Waals surface area (Å²) in [5.74, 6) is 0.865. The molecule has 0 radical (unpaired) electrons. The number of aromatic nitrogens is 2. The molecular weight excluding hydrogens is 206 g/mol. The molecule has 1 aliphatic heterocycles. The molecule has 1 N–H and O–H groups in total. The highest BCUT2D eigenvalue weighted by molar-refractivity contribution is 5.48. The number of aryl methyl sites for hydroxylation is 1. The summed E-state index contributed by atoms with van der Waals surface area (Å²) < 4.78 is 1.54. The van der Waals surface area contributed by atoms with Crippen LogP contribution in [-0.4, -0.2) is 47.3 Å². The lowest BCUT2D eigenvalue weighted by molar-refractivity contribution is -0.118. The minimum atomic E-state index is 0.385. The summed E-state index contributed by atoms with van der Waals surface area (Å²) in [6.45, 7) is 3.06. The van der Waals surface area contributed by atoms with Gasteiger partial charge < -0.3 is 9.80 Å². The Hall–Kier alpha value is -1.85. The quantitative estimate of drug-likeness (QED) is 0.663. The highest BCUT2D eigenvalue weighted by Gasteiger charge is 2.16. The number of amides is 1. The zero-order valence-corrected chi connectivity index (χ0v) is 9.26. The molecular formula is C10H15N5O. The standard InChI is InChI=1S/C10H15N5O/c1-13-9(11)2-3-10(12-13)15-6-4-14(8-16)5-7-15/h2-3,8,11H,4-7H2,1H3. The molecule has 1 aromatic rings. The highest BCUT2D eigenvalue weighted by atomic mass is 16.1. The van der Waals surface area contributed by atoms with Crippen LogP contribution in [-0.2, 0) is 11.8 Å². The van der Waals surface area contributed by atoms with Crippen LogP contribution in [0.4, 0.5) is 5.82 Å². The Kier molecular flexibility index (Phi) is 2.89. The van der Waals surface area contributed by atoms with Gasteiger partial charge in [0, 0.05) is 33.2 Å². The van der Waals surface area contributed by atoms with Crippen LogP contribution in [0.2, 0.25) is 0 Å². The van der Waals surface area contributed by atoms with Crippen molar-refractivity contribution >= 4 is 12.2 Å². The van der Waals surface area contributed by atoms with Gasteiger partial charge in [-0.25, -0.2) is 4.68 Å². The average Bonchev–Trinajstić information content (AvgIpc) is 2.33. The van der Waals surface area contributed by atoms with Gasteiger partial charge >= 0.3 is 0 Å². The van der Waals surface area contributed by atoms with E-state index in [2.05, 4.69) is 10.00 Å². The summed E-state index contributed by atoms with van der Waals surface area (Å²) in [5, 5.41) is 11.8. The van der Waals surface area contributed by atoms with Crippen molar-refractivity contribution < 1.29 is 4.79 Å². The molecule has 2 heterocycles. The number of nitrogens with zero attached hydrogens (tertiary/aromatic N) is 4. The summed E-state index contributed by atoms with van der Waals surface area (Å²) in [5.41, 5.74) is 0.385. The van der Waals surface area contributed by atoms with E-state index in [1.54, 1.807) is 22.7 Å². The lowest BCUT2D eigenvalue weighted by Crippen LogP contribution is -2.46. The fourth-order valence-corrected chi connectivity index (χ4v) is 1.73. The smallest absolute Gasteiger partial charge is 0.209 e. The van der Waals surface area contributed by atoms with E-state index in [-0.39, 0.29) is 0 Å². The molecule has 6 heteroatoms. The maximum absolute atomic E-state index is 10.6. The Morgan fingerprint density at radius 3 is 2.56 bits per heavy atom. The maximum Gasteiger partial charge on any atom is 0.209 e. The van der Waals surface area contributed by atoms with Crippen molar-refractivity contribution in [2.75, 3.05) is 31.1 Å². The van der Waals surface area contributed by atoms with Crippen molar-refractivity contribution in [2.24, 2.45) is 7.05 Å². The highest BCUT2D eigenvalue weighted by Crippen LogP contribution is 2.10. The lowest BCUT2D eigenvalue weighted by atomic mass is 10.3. The van der Waals surface area contributed by atoms with Crippen LogP contribution in [0.25, 0.3) is 0 Å². The molecule has 0 spiro atoms. The van der Waals surface area contributed by atoms with Crippen LogP contribution in [0.3, 0.4) is 0 Å². The van der Waals surface area contributed by atoms with E-state index in [1.165, 1.54) is 0 Å². The van der Waals surface area contributed by atoms with Crippen molar-refractivity contribution in [3.63, 3.8) is 0 Å². The molecule has 0 bridgehead atoms. The predicted molar refractivity (Wildman–Crippen MR) is 58.9 cm³/mol. The lowest BCUT2D eigenvalue weighted by Gasteiger charge is -2.33. The first-order chi connectivity index (χ1) is 7.70.